The molecule has 0 aliphatic heterocycles. The molecule has 0 atom stereocenters. The van der Waals surface area contributed by atoms with Gasteiger partial charge in [0.1, 0.15) is 17.1 Å². The lowest BCUT2D eigenvalue weighted by Crippen LogP contribution is -2.11. The third kappa shape index (κ3) is 4.38. The zero-order chi connectivity index (χ0) is 22.2. The van der Waals surface area contributed by atoms with E-state index in [0.717, 1.165) is 23.0 Å². The van der Waals surface area contributed by atoms with Crippen LogP contribution in [0.4, 0.5) is 13.2 Å². The Morgan fingerprint density at radius 2 is 1.94 bits per heavy atom. The zero-order valence-electron chi connectivity index (χ0n) is 16.4. The van der Waals surface area contributed by atoms with E-state index < -0.39 is 11.9 Å². The topological polar surface area (TPSA) is 70.7 Å². The molecular formula is C20H16ClF3N6O. The van der Waals surface area contributed by atoms with E-state index in [1.165, 1.54) is 10.7 Å². The quantitative estimate of drug-likeness (QED) is 0.447. The minimum atomic E-state index is -4.56. The predicted molar refractivity (Wildman–Crippen MR) is 107 cm³/mol. The summed E-state index contributed by atoms with van der Waals surface area (Å²) in [4.78, 5) is 7.84. The molecule has 160 valence electrons. The number of aryl methyl sites for hydroxylation is 1. The number of hydrogen-bond donors (Lipinski definition) is 0. The molecule has 1 aromatic carbocycles. The van der Waals surface area contributed by atoms with Crippen molar-refractivity contribution in [1.82, 2.24) is 29.5 Å². The monoisotopic (exact) mass is 448 g/mol. The standard InChI is InChI=1S/C20H16ClF3N6O/c1-12-8-29(11-25-12)17-5-3-13(7-18(17)31-2)15-9-30(28-27-15)10-16-14(21)4-6-19(26-16)20(22,23)24/h3-9,11H,10H2,1-2H3. The van der Waals surface area contributed by atoms with Gasteiger partial charge in [0.15, 0.2) is 0 Å². The van der Waals surface area contributed by atoms with Crippen LogP contribution in [0.3, 0.4) is 0 Å². The van der Waals surface area contributed by atoms with Gasteiger partial charge in [-0.2, -0.15) is 13.2 Å². The molecule has 0 aliphatic rings. The predicted octanol–water partition coefficient (Wildman–Crippen LogP) is 4.56. The van der Waals surface area contributed by atoms with Crippen molar-refractivity contribution in [2.45, 2.75) is 19.6 Å². The molecule has 4 aromatic rings. The van der Waals surface area contributed by atoms with Crippen LogP contribution in [-0.2, 0) is 12.7 Å². The summed E-state index contributed by atoms with van der Waals surface area (Å²) in [5, 5.41) is 8.22. The normalized spacial score (nSPS) is 11.7. The highest BCUT2D eigenvalue weighted by Crippen LogP contribution is 2.31. The van der Waals surface area contributed by atoms with Crippen LogP contribution in [0.2, 0.25) is 5.02 Å². The van der Waals surface area contributed by atoms with Crippen LogP contribution in [0, 0.1) is 6.92 Å². The first kappa shape index (κ1) is 20.9. The Balaban J connectivity index is 1.61. The maximum Gasteiger partial charge on any atom is 0.433 e. The highest BCUT2D eigenvalue weighted by atomic mass is 35.5. The molecule has 0 unspecified atom stereocenters. The van der Waals surface area contributed by atoms with Crippen molar-refractivity contribution in [1.29, 1.82) is 0 Å². The van der Waals surface area contributed by atoms with E-state index >= 15 is 0 Å². The van der Waals surface area contributed by atoms with Crippen molar-refractivity contribution in [2.75, 3.05) is 7.11 Å². The molecule has 4 rings (SSSR count). The first-order valence-corrected chi connectivity index (χ1v) is 9.44. The van der Waals surface area contributed by atoms with Gasteiger partial charge in [-0.1, -0.05) is 22.9 Å². The Morgan fingerprint density at radius 3 is 2.61 bits per heavy atom. The number of nitrogens with zero attached hydrogens (tertiary/aromatic N) is 6. The van der Waals surface area contributed by atoms with Gasteiger partial charge in [-0.3, -0.25) is 0 Å². The number of alkyl halides is 3. The van der Waals surface area contributed by atoms with Crippen molar-refractivity contribution in [2.24, 2.45) is 0 Å². The van der Waals surface area contributed by atoms with Gasteiger partial charge in [0.05, 0.1) is 48.3 Å². The summed E-state index contributed by atoms with van der Waals surface area (Å²) in [5.74, 6) is 0.604. The summed E-state index contributed by atoms with van der Waals surface area (Å²) in [7, 11) is 1.56. The molecule has 7 nitrogen and oxygen atoms in total. The highest BCUT2D eigenvalue weighted by Gasteiger charge is 2.33. The van der Waals surface area contributed by atoms with Gasteiger partial charge in [-0.15, -0.1) is 5.10 Å². The number of halogens is 4. The molecule has 0 saturated heterocycles. The Hall–Kier alpha value is -3.40. The Bertz CT molecular complexity index is 1230. The maximum absolute atomic E-state index is 12.9. The van der Waals surface area contributed by atoms with E-state index in [9.17, 15) is 13.2 Å². The Labute approximate surface area is 180 Å². The lowest BCUT2D eigenvalue weighted by Gasteiger charge is -2.10. The van der Waals surface area contributed by atoms with Gasteiger partial charge in [-0.25, -0.2) is 14.6 Å². The van der Waals surface area contributed by atoms with Crippen molar-refractivity contribution in [3.8, 4) is 22.7 Å². The fraction of sp³-hybridized carbons (Fsp3) is 0.200. The molecule has 0 bridgehead atoms. The van der Waals surface area contributed by atoms with Crippen LogP contribution < -0.4 is 4.74 Å². The lowest BCUT2D eigenvalue weighted by molar-refractivity contribution is -0.141. The van der Waals surface area contributed by atoms with Gasteiger partial charge in [0, 0.05) is 11.8 Å². The van der Waals surface area contributed by atoms with Crippen molar-refractivity contribution in [3.63, 3.8) is 0 Å². The summed E-state index contributed by atoms with van der Waals surface area (Å²) >= 11 is 6.02. The fourth-order valence-electron chi connectivity index (χ4n) is 3.02. The molecule has 0 N–H and O–H groups in total. The van der Waals surface area contributed by atoms with Crippen molar-refractivity contribution >= 4 is 11.6 Å². The molecule has 0 saturated carbocycles. The van der Waals surface area contributed by atoms with Gasteiger partial charge < -0.3 is 9.30 Å². The second-order valence-corrected chi connectivity index (χ2v) is 7.14. The third-order valence-electron chi connectivity index (χ3n) is 4.52. The molecule has 0 aliphatic carbocycles. The van der Waals surface area contributed by atoms with E-state index in [-0.39, 0.29) is 17.3 Å². The van der Waals surface area contributed by atoms with Crippen molar-refractivity contribution in [3.05, 3.63) is 71.2 Å². The summed E-state index contributed by atoms with van der Waals surface area (Å²) in [6, 6.07) is 7.52. The van der Waals surface area contributed by atoms with Crippen LogP contribution >= 0.6 is 11.6 Å². The summed E-state index contributed by atoms with van der Waals surface area (Å²) in [6.45, 7) is 1.83. The van der Waals surface area contributed by atoms with E-state index in [0.29, 0.717) is 11.4 Å². The Morgan fingerprint density at radius 1 is 1.13 bits per heavy atom. The highest BCUT2D eigenvalue weighted by molar-refractivity contribution is 6.31. The minimum Gasteiger partial charge on any atom is -0.495 e. The van der Waals surface area contributed by atoms with Crippen LogP contribution in [0.1, 0.15) is 17.1 Å². The van der Waals surface area contributed by atoms with Crippen LogP contribution in [0.25, 0.3) is 16.9 Å². The molecule has 3 heterocycles. The summed E-state index contributed by atoms with van der Waals surface area (Å²) < 4.78 is 47.5. The number of pyridine rings is 1. The third-order valence-corrected chi connectivity index (χ3v) is 4.87. The van der Waals surface area contributed by atoms with Gasteiger partial charge in [0.25, 0.3) is 0 Å². The molecular weight excluding hydrogens is 433 g/mol. The lowest BCUT2D eigenvalue weighted by atomic mass is 10.1. The number of benzene rings is 1. The van der Waals surface area contributed by atoms with E-state index in [4.69, 9.17) is 16.3 Å². The SMILES string of the molecule is COc1cc(-c2cn(Cc3nc(C(F)(F)F)ccc3Cl)nn2)ccc1-n1cnc(C)c1. The average Bonchev–Trinajstić information content (AvgIpc) is 3.37. The van der Waals surface area contributed by atoms with Crippen LogP contribution in [0.5, 0.6) is 5.75 Å². The second kappa shape index (κ2) is 8.03. The summed E-state index contributed by atoms with van der Waals surface area (Å²) in [5.41, 5.74) is 1.97. The molecule has 0 fully saturated rings. The van der Waals surface area contributed by atoms with E-state index in [2.05, 4.69) is 20.3 Å². The molecule has 0 amide bonds. The smallest absolute Gasteiger partial charge is 0.433 e. The van der Waals surface area contributed by atoms with Crippen LogP contribution in [-0.4, -0.2) is 36.6 Å². The van der Waals surface area contributed by atoms with E-state index in [1.807, 2.05) is 29.8 Å². The average molecular weight is 449 g/mol. The summed E-state index contributed by atoms with van der Waals surface area (Å²) in [6.07, 6.45) is 0.613. The van der Waals surface area contributed by atoms with Gasteiger partial charge in [-0.05, 0) is 31.2 Å². The van der Waals surface area contributed by atoms with Gasteiger partial charge in [0.2, 0.25) is 0 Å². The number of rotatable bonds is 5. The Kier molecular flexibility index (Phi) is 5.40. The molecule has 0 spiro atoms. The number of hydrogen-bond acceptors (Lipinski definition) is 5. The number of imidazole rings is 1. The van der Waals surface area contributed by atoms with Crippen molar-refractivity contribution < 1.29 is 17.9 Å². The number of aromatic nitrogens is 6. The second-order valence-electron chi connectivity index (χ2n) is 6.73. The minimum absolute atomic E-state index is 0.0522. The molecule has 11 heteroatoms. The molecule has 31 heavy (non-hydrogen) atoms. The zero-order valence-corrected chi connectivity index (χ0v) is 17.2. The molecule has 0 radical (unpaired) electrons. The first-order valence-electron chi connectivity index (χ1n) is 9.06. The van der Waals surface area contributed by atoms with Crippen LogP contribution in [0.15, 0.2) is 49.1 Å². The fourth-order valence-corrected chi connectivity index (χ4v) is 3.18. The first-order chi connectivity index (χ1) is 14.7. The van der Waals surface area contributed by atoms with Gasteiger partial charge >= 0.3 is 6.18 Å². The maximum atomic E-state index is 12.9. The van der Waals surface area contributed by atoms with E-state index in [1.54, 1.807) is 25.7 Å². The largest absolute Gasteiger partial charge is 0.495 e. The number of methoxy groups -OCH3 is 1. The number of ether oxygens (including phenoxy) is 1. The molecule has 3 aromatic heterocycles.